The number of carboxylic acid groups (broad SMARTS) is 1. The van der Waals surface area contributed by atoms with Crippen molar-refractivity contribution in [3.63, 3.8) is 0 Å². The molecule has 3 heteroatoms. The molecule has 0 bridgehead atoms. The van der Waals surface area contributed by atoms with Crippen molar-refractivity contribution in [1.29, 1.82) is 0 Å². The van der Waals surface area contributed by atoms with Gasteiger partial charge in [-0.3, -0.25) is 4.79 Å². The summed E-state index contributed by atoms with van der Waals surface area (Å²) in [5.74, 6) is -0.468. The van der Waals surface area contributed by atoms with Gasteiger partial charge in [0.25, 0.3) is 0 Å². The van der Waals surface area contributed by atoms with E-state index in [4.69, 9.17) is 5.11 Å². The van der Waals surface area contributed by atoms with Crippen LogP contribution in [0.4, 0.5) is 0 Å². The van der Waals surface area contributed by atoms with Crippen LogP contribution in [-0.2, 0) is 4.79 Å². The maximum Gasteiger partial charge on any atom is 0.310 e. The molecule has 1 atom stereocenters. The van der Waals surface area contributed by atoms with E-state index in [0.717, 1.165) is 18.7 Å². The van der Waals surface area contributed by atoms with Gasteiger partial charge in [0.2, 0.25) is 0 Å². The maximum atomic E-state index is 11.1. The van der Waals surface area contributed by atoms with Crippen LogP contribution in [0.2, 0.25) is 0 Å². The predicted octanol–water partition coefficient (Wildman–Crippen LogP) is 2.73. The molecule has 3 nitrogen and oxygen atoms in total. The molecule has 98 valence electrons. The molecule has 1 saturated heterocycles. The van der Waals surface area contributed by atoms with Crippen LogP contribution in [0.3, 0.4) is 0 Å². The Morgan fingerprint density at radius 2 is 1.94 bits per heavy atom. The van der Waals surface area contributed by atoms with Crippen LogP contribution in [0.15, 0.2) is 24.3 Å². The van der Waals surface area contributed by atoms with Crippen molar-refractivity contribution in [3.8, 4) is 0 Å². The number of carboxylic acids is 1. The molecule has 2 rings (SSSR count). The Bertz CT molecular complexity index is 393. The molecular weight excluding hydrogens is 226 g/mol. The van der Waals surface area contributed by atoms with Gasteiger partial charge in [0.15, 0.2) is 0 Å². The van der Waals surface area contributed by atoms with Gasteiger partial charge in [-0.25, -0.2) is 0 Å². The minimum atomic E-state index is -0.730. The molecule has 1 aromatic carbocycles. The van der Waals surface area contributed by atoms with E-state index in [1.54, 1.807) is 0 Å². The number of rotatable bonds is 4. The normalized spacial score (nSPS) is 18.5. The molecule has 2 N–H and O–H groups in total. The fourth-order valence-electron chi connectivity index (χ4n) is 2.71. The molecule has 0 spiro atoms. The molecule has 1 fully saturated rings. The Labute approximate surface area is 108 Å². The molecule has 0 aromatic heterocycles. The topological polar surface area (TPSA) is 49.3 Å². The molecular formula is C15H21NO2. The molecule has 18 heavy (non-hydrogen) atoms. The number of piperidine rings is 1. The van der Waals surface area contributed by atoms with Gasteiger partial charge in [0.1, 0.15) is 0 Å². The third-order valence-electron chi connectivity index (χ3n) is 3.86. The van der Waals surface area contributed by atoms with Crippen LogP contribution in [0.5, 0.6) is 0 Å². The van der Waals surface area contributed by atoms with Crippen molar-refractivity contribution in [1.82, 2.24) is 5.32 Å². The Balaban J connectivity index is 2.11. The van der Waals surface area contributed by atoms with E-state index in [1.165, 1.54) is 18.4 Å². The lowest BCUT2D eigenvalue weighted by Gasteiger charge is -2.23. The lowest BCUT2D eigenvalue weighted by atomic mass is 9.88. The van der Waals surface area contributed by atoms with Gasteiger partial charge in [0.05, 0.1) is 5.92 Å². The Morgan fingerprint density at radius 1 is 1.33 bits per heavy atom. The minimum absolute atomic E-state index is 0.368. The number of carbonyl (C=O) groups is 1. The molecule has 0 aliphatic carbocycles. The summed E-state index contributed by atoms with van der Waals surface area (Å²) in [6.45, 7) is 4.08. The average molecular weight is 247 g/mol. The fourth-order valence-corrected chi connectivity index (χ4v) is 2.71. The van der Waals surface area contributed by atoms with Crippen LogP contribution in [0.25, 0.3) is 0 Å². The molecule has 0 saturated carbocycles. The standard InChI is InChI=1S/C15H21NO2/c1-2-14(15(17)18)13-5-3-11(4-6-13)12-7-9-16-10-8-12/h3-6,12,14,16H,2,7-10H2,1H3,(H,17,18). The van der Waals surface area contributed by atoms with Crippen molar-refractivity contribution in [2.75, 3.05) is 13.1 Å². The predicted molar refractivity (Wildman–Crippen MR) is 72.0 cm³/mol. The highest BCUT2D eigenvalue weighted by molar-refractivity contribution is 5.75. The second-order valence-corrected chi connectivity index (χ2v) is 4.99. The number of hydrogen-bond acceptors (Lipinski definition) is 2. The van der Waals surface area contributed by atoms with Gasteiger partial charge in [-0.1, -0.05) is 31.2 Å². The minimum Gasteiger partial charge on any atom is -0.481 e. The summed E-state index contributed by atoms with van der Waals surface area (Å²) >= 11 is 0. The van der Waals surface area contributed by atoms with Gasteiger partial charge >= 0.3 is 5.97 Å². The zero-order chi connectivity index (χ0) is 13.0. The lowest BCUT2D eigenvalue weighted by molar-refractivity contribution is -0.138. The summed E-state index contributed by atoms with van der Waals surface area (Å²) in [6, 6.07) is 8.19. The van der Waals surface area contributed by atoms with Crippen LogP contribution >= 0.6 is 0 Å². The molecule has 1 aromatic rings. The van der Waals surface area contributed by atoms with Gasteiger partial charge in [-0.15, -0.1) is 0 Å². The highest BCUT2D eigenvalue weighted by atomic mass is 16.4. The Morgan fingerprint density at radius 3 is 2.44 bits per heavy atom. The van der Waals surface area contributed by atoms with E-state index in [0.29, 0.717) is 12.3 Å². The van der Waals surface area contributed by atoms with Gasteiger partial charge in [-0.2, -0.15) is 0 Å². The first-order chi connectivity index (χ1) is 8.72. The third kappa shape index (κ3) is 2.91. The van der Waals surface area contributed by atoms with E-state index in [-0.39, 0.29) is 5.92 Å². The summed E-state index contributed by atoms with van der Waals surface area (Å²) in [4.78, 5) is 11.1. The van der Waals surface area contributed by atoms with E-state index in [1.807, 2.05) is 19.1 Å². The Hall–Kier alpha value is -1.35. The average Bonchev–Trinajstić information content (AvgIpc) is 2.41. The Kier molecular flexibility index (Phi) is 4.37. The van der Waals surface area contributed by atoms with E-state index in [2.05, 4.69) is 17.4 Å². The van der Waals surface area contributed by atoms with Crippen molar-refractivity contribution in [2.45, 2.75) is 38.0 Å². The van der Waals surface area contributed by atoms with Crippen molar-refractivity contribution in [2.24, 2.45) is 0 Å². The van der Waals surface area contributed by atoms with Crippen LogP contribution in [0, 0.1) is 0 Å². The highest BCUT2D eigenvalue weighted by Crippen LogP contribution is 2.27. The van der Waals surface area contributed by atoms with Crippen molar-refractivity contribution >= 4 is 5.97 Å². The van der Waals surface area contributed by atoms with Crippen LogP contribution in [0.1, 0.15) is 49.1 Å². The number of nitrogens with one attached hydrogen (secondary N) is 1. The zero-order valence-electron chi connectivity index (χ0n) is 10.9. The number of benzene rings is 1. The van der Waals surface area contributed by atoms with Crippen LogP contribution < -0.4 is 5.32 Å². The van der Waals surface area contributed by atoms with Crippen molar-refractivity contribution in [3.05, 3.63) is 35.4 Å². The summed E-state index contributed by atoms with van der Waals surface area (Å²) < 4.78 is 0. The smallest absolute Gasteiger partial charge is 0.310 e. The maximum absolute atomic E-state index is 11.1. The molecule has 0 amide bonds. The monoisotopic (exact) mass is 247 g/mol. The number of aliphatic carboxylic acids is 1. The SMILES string of the molecule is CCC(C(=O)O)c1ccc(C2CCNCC2)cc1. The third-order valence-corrected chi connectivity index (χ3v) is 3.86. The highest BCUT2D eigenvalue weighted by Gasteiger charge is 2.19. The second kappa shape index (κ2) is 6.01. The fraction of sp³-hybridized carbons (Fsp3) is 0.533. The number of hydrogen-bond donors (Lipinski definition) is 2. The summed E-state index contributed by atoms with van der Waals surface area (Å²) in [5, 5.41) is 12.5. The molecule has 0 radical (unpaired) electrons. The first-order valence-electron chi connectivity index (χ1n) is 6.75. The molecule has 1 heterocycles. The van der Waals surface area contributed by atoms with Gasteiger partial charge < -0.3 is 10.4 Å². The summed E-state index contributed by atoms with van der Waals surface area (Å²) in [7, 11) is 0. The zero-order valence-corrected chi connectivity index (χ0v) is 10.9. The quantitative estimate of drug-likeness (QED) is 0.860. The molecule has 1 aliphatic heterocycles. The molecule has 1 aliphatic rings. The van der Waals surface area contributed by atoms with E-state index >= 15 is 0 Å². The summed E-state index contributed by atoms with van der Waals surface area (Å²) in [5.41, 5.74) is 2.27. The molecule has 1 unspecified atom stereocenters. The summed E-state index contributed by atoms with van der Waals surface area (Å²) in [6.07, 6.45) is 2.99. The van der Waals surface area contributed by atoms with E-state index < -0.39 is 5.97 Å². The van der Waals surface area contributed by atoms with Crippen LogP contribution in [-0.4, -0.2) is 24.2 Å². The van der Waals surface area contributed by atoms with Gasteiger partial charge in [0, 0.05) is 0 Å². The van der Waals surface area contributed by atoms with Crippen molar-refractivity contribution < 1.29 is 9.90 Å². The van der Waals surface area contributed by atoms with Gasteiger partial charge in [-0.05, 0) is 49.4 Å². The first-order valence-corrected chi connectivity index (χ1v) is 6.75. The largest absolute Gasteiger partial charge is 0.481 e. The first kappa shape index (κ1) is 13.1. The lowest BCUT2D eigenvalue weighted by Crippen LogP contribution is -2.26. The van der Waals surface area contributed by atoms with E-state index in [9.17, 15) is 4.79 Å². The second-order valence-electron chi connectivity index (χ2n) is 4.99.